The van der Waals surface area contributed by atoms with E-state index in [0.717, 1.165) is 11.0 Å². The summed E-state index contributed by atoms with van der Waals surface area (Å²) in [7, 11) is 0. The van der Waals surface area contributed by atoms with Crippen LogP contribution in [-0.4, -0.2) is 63.5 Å². The van der Waals surface area contributed by atoms with Gasteiger partial charge in [-0.15, -0.1) is 0 Å². The van der Waals surface area contributed by atoms with E-state index in [0.29, 0.717) is 22.6 Å². The first-order valence-corrected chi connectivity index (χ1v) is 24.4. The fourth-order valence-electron chi connectivity index (χ4n) is 6.76. The van der Waals surface area contributed by atoms with E-state index in [-0.39, 0.29) is 5.64 Å². The normalized spacial score (nSPS) is 22.1. The molecule has 0 N–H and O–H groups in total. The van der Waals surface area contributed by atoms with E-state index in [4.69, 9.17) is 34.5 Å². The molecule has 208 valence electrons. The number of hydrogen-bond acceptors (Lipinski definition) is 4. The van der Waals surface area contributed by atoms with E-state index in [2.05, 4.69) is 128 Å². The number of para-hydroxylation sites is 2. The van der Waals surface area contributed by atoms with Gasteiger partial charge in [-0.25, -0.2) is 0 Å². The first-order valence-electron chi connectivity index (χ1n) is 14.3. The summed E-state index contributed by atoms with van der Waals surface area (Å²) < 4.78 is 0.158. The first kappa shape index (κ1) is 31.3. The number of rotatable bonds is 8. The average molecular weight is 724 g/mol. The molecule has 5 rings (SSSR count). The van der Waals surface area contributed by atoms with Crippen molar-refractivity contribution in [3.05, 3.63) is 84.2 Å². The van der Waals surface area contributed by atoms with E-state index in [1.54, 1.807) is 0 Å². The predicted octanol–water partition coefficient (Wildman–Crippen LogP) is 8.72. The van der Waals surface area contributed by atoms with E-state index in [1.165, 1.54) is 22.2 Å². The summed E-state index contributed by atoms with van der Waals surface area (Å²) in [6.45, 7) is 15.5. The fraction of sp³-hybridized carbons (Fsp3) is 0.438. The number of nitrogens with zero attached hydrogens (tertiary/aromatic N) is 2. The molecular weight excluding hydrogens is 684 g/mol. The van der Waals surface area contributed by atoms with Crippen LogP contribution in [0, 0.1) is 0 Å². The van der Waals surface area contributed by atoms with Crippen molar-refractivity contribution >= 4 is 90.1 Å². The summed E-state index contributed by atoms with van der Waals surface area (Å²) in [6.07, 6.45) is 0. The van der Waals surface area contributed by atoms with Gasteiger partial charge in [0.1, 0.15) is 0 Å². The van der Waals surface area contributed by atoms with E-state index < -0.39 is 43.8 Å². The fourth-order valence-corrected chi connectivity index (χ4v) is 55.0. The number of benzene rings is 2. The zero-order chi connectivity index (χ0) is 29.1. The molecule has 1 aliphatic heterocycles. The zero-order valence-corrected chi connectivity index (χ0v) is 32.5. The monoisotopic (exact) mass is 726 g/mol. The van der Waals surface area contributed by atoms with Gasteiger partial charge < -0.3 is 0 Å². The molecule has 0 atom stereocenters. The molecule has 4 aromatic rings. The van der Waals surface area contributed by atoms with Crippen LogP contribution in [-0.2, 0) is 30.1 Å². The van der Waals surface area contributed by atoms with Gasteiger partial charge in [0.2, 0.25) is 0 Å². The molecule has 8 heteroatoms. The van der Waals surface area contributed by atoms with Crippen molar-refractivity contribution in [1.82, 2.24) is 9.97 Å². The summed E-state index contributed by atoms with van der Waals surface area (Å²) in [4.78, 5) is 10.9. The molecule has 40 heavy (non-hydrogen) atoms. The van der Waals surface area contributed by atoms with Gasteiger partial charge in [0, 0.05) is 0 Å². The van der Waals surface area contributed by atoms with Crippen molar-refractivity contribution in [2.75, 3.05) is 0 Å². The molecule has 2 nitrogen and oxygen atoms in total. The van der Waals surface area contributed by atoms with Crippen molar-refractivity contribution in [3.8, 4) is 0 Å². The Kier molecular flexibility index (Phi) is 8.96. The van der Waals surface area contributed by atoms with Gasteiger partial charge in [0.05, 0.1) is 0 Å². The molecule has 0 unspecified atom stereocenters. The van der Waals surface area contributed by atoms with Gasteiger partial charge in [0.15, 0.2) is 0 Å². The van der Waals surface area contributed by atoms with Crippen LogP contribution in [0.15, 0.2) is 72.8 Å². The summed E-state index contributed by atoms with van der Waals surface area (Å²) in [5, 5.41) is 2.42. The van der Waals surface area contributed by atoms with Crippen molar-refractivity contribution in [3.63, 3.8) is 0 Å². The number of pyridine rings is 2. The van der Waals surface area contributed by atoms with Gasteiger partial charge in [-0.05, 0) is 0 Å². The molecule has 0 bridgehead atoms. The topological polar surface area (TPSA) is 25.8 Å². The standard InChI is InChI=1S/C32H40Ge2N2P2S2/c1-21(2)37(39,22(3)4)31(29-19-17-25-13-9-11-15-27(25)35-29)33-32(34-31,38(40,23(5)6)24(7)8)30-20-18-26-14-10-12-16-28(26)36-30/h9-24H,1-8H3. The summed E-state index contributed by atoms with van der Waals surface area (Å²) >= 11 is 12.7. The van der Waals surface area contributed by atoms with Crippen LogP contribution in [0.3, 0.4) is 0 Å². The number of aromatic nitrogens is 2. The molecule has 1 saturated heterocycles. The van der Waals surface area contributed by atoms with Crippen LogP contribution in [0.4, 0.5) is 0 Å². The van der Waals surface area contributed by atoms with Gasteiger partial charge in [0.25, 0.3) is 0 Å². The van der Waals surface area contributed by atoms with Crippen LogP contribution in [0.2, 0.25) is 0 Å². The zero-order valence-electron chi connectivity index (χ0n) is 24.8. The Morgan fingerprint density at radius 1 is 0.525 bits per heavy atom. The minimum atomic E-state index is -1.85. The molecule has 0 aliphatic carbocycles. The minimum absolute atomic E-state index is 0.0792. The molecule has 2 aromatic carbocycles. The molecule has 0 saturated carbocycles. The molecule has 2 aromatic heterocycles. The molecular formula is C32H40Ge2N2P2S2. The Morgan fingerprint density at radius 2 is 0.850 bits per heavy atom. The van der Waals surface area contributed by atoms with E-state index >= 15 is 0 Å². The predicted molar refractivity (Wildman–Crippen MR) is 187 cm³/mol. The van der Waals surface area contributed by atoms with Crippen LogP contribution < -0.4 is 0 Å². The second kappa shape index (κ2) is 11.4. The van der Waals surface area contributed by atoms with Crippen molar-refractivity contribution in [2.24, 2.45) is 0 Å². The Hall–Kier alpha value is -0.0943. The van der Waals surface area contributed by atoms with Gasteiger partial charge in [-0.3, -0.25) is 0 Å². The summed E-state index contributed by atoms with van der Waals surface area (Å²) in [5.74, 6) is 0. The average Bonchev–Trinajstić information content (AvgIpc) is 2.91. The molecule has 3 heterocycles. The van der Waals surface area contributed by atoms with Crippen LogP contribution in [0.1, 0.15) is 66.8 Å². The van der Waals surface area contributed by atoms with Crippen LogP contribution in [0.25, 0.3) is 21.8 Å². The van der Waals surface area contributed by atoms with Gasteiger partial charge >= 0.3 is 268 Å². The van der Waals surface area contributed by atoms with Crippen molar-refractivity contribution in [2.45, 2.75) is 83.7 Å². The Labute approximate surface area is 266 Å². The van der Waals surface area contributed by atoms with Crippen LogP contribution >= 0.6 is 12.9 Å². The second-order valence-electron chi connectivity index (χ2n) is 12.2. The third kappa shape index (κ3) is 4.60. The third-order valence-electron chi connectivity index (χ3n) is 8.78. The molecule has 0 spiro atoms. The van der Waals surface area contributed by atoms with Gasteiger partial charge in [-0.2, -0.15) is 0 Å². The van der Waals surface area contributed by atoms with E-state index in [1.807, 2.05) is 0 Å². The number of fused-ring (bicyclic) bond motifs is 2. The van der Waals surface area contributed by atoms with Crippen molar-refractivity contribution < 1.29 is 0 Å². The third-order valence-corrected chi connectivity index (χ3v) is 50.5. The molecule has 4 radical (unpaired) electrons. The second-order valence-corrected chi connectivity index (χ2v) is 39.5. The molecule has 1 fully saturated rings. The maximum atomic E-state index is 7.02. The Bertz CT molecular complexity index is 1410. The summed E-state index contributed by atoms with van der Waals surface area (Å²) in [6, 6.07) is 26.4. The summed E-state index contributed by atoms with van der Waals surface area (Å²) in [5.41, 5.74) is 6.68. The Balaban J connectivity index is 1.80. The van der Waals surface area contributed by atoms with E-state index in [9.17, 15) is 0 Å². The molecule has 0 amide bonds. The maximum absolute atomic E-state index is 7.02. The van der Waals surface area contributed by atoms with Gasteiger partial charge in [-0.1, -0.05) is 0 Å². The number of hydrogen-bond donors (Lipinski definition) is 0. The van der Waals surface area contributed by atoms with Crippen molar-refractivity contribution in [1.29, 1.82) is 0 Å². The SMILES string of the molecule is CC(C)[P+]([S-])(C(C)C)[C]1(c2ccc3ccccc3n2)[Ge][C](c2ccc3ccccc3n2)([P+]([S-])(C(C)C)C(C)C)[Ge]1. The quantitative estimate of drug-likeness (QED) is 0.103. The first-order chi connectivity index (χ1) is 18.8. The molecule has 1 aliphatic rings. The van der Waals surface area contributed by atoms with Crippen LogP contribution in [0.5, 0.6) is 0 Å². The Morgan fingerprint density at radius 3 is 1.18 bits per heavy atom.